The van der Waals surface area contributed by atoms with Crippen molar-refractivity contribution in [3.63, 3.8) is 0 Å². The number of ether oxygens (including phenoxy) is 2. The molecule has 0 radical (unpaired) electrons. The lowest BCUT2D eigenvalue weighted by atomic mass is 9.87. The van der Waals surface area contributed by atoms with Crippen molar-refractivity contribution < 1.29 is 14.3 Å². The Balaban J connectivity index is 1.64. The number of nitrogens with one attached hydrogen (secondary N) is 1. The van der Waals surface area contributed by atoms with Crippen LogP contribution >= 0.6 is 0 Å². The van der Waals surface area contributed by atoms with Crippen LogP contribution in [-0.4, -0.2) is 25.2 Å². The predicted molar refractivity (Wildman–Crippen MR) is 76.3 cm³/mol. The average Bonchev–Trinajstić information content (AvgIpc) is 2.94. The van der Waals surface area contributed by atoms with Gasteiger partial charge in [-0.25, -0.2) is 0 Å². The summed E-state index contributed by atoms with van der Waals surface area (Å²) in [6, 6.07) is 5.76. The Morgan fingerprint density at radius 2 is 2.20 bits per heavy atom. The second-order valence-corrected chi connectivity index (χ2v) is 5.65. The fourth-order valence-electron chi connectivity index (χ4n) is 3.03. The summed E-state index contributed by atoms with van der Waals surface area (Å²) in [5.74, 6) is 2.34. The van der Waals surface area contributed by atoms with E-state index < -0.39 is 0 Å². The number of Topliss-reactive ketones (excluding diaryl/α,β-unsaturated/α-hetero) is 1. The van der Waals surface area contributed by atoms with Gasteiger partial charge in [-0.05, 0) is 43.5 Å². The highest BCUT2D eigenvalue weighted by atomic mass is 16.7. The minimum absolute atomic E-state index is 0.178. The van der Waals surface area contributed by atoms with Crippen molar-refractivity contribution in [2.45, 2.75) is 38.6 Å². The van der Waals surface area contributed by atoms with Gasteiger partial charge in [0.2, 0.25) is 6.79 Å². The van der Waals surface area contributed by atoms with Crippen LogP contribution in [0.15, 0.2) is 18.2 Å². The number of rotatable bonds is 4. The Bertz CT molecular complexity index is 500. The Hall–Kier alpha value is -1.55. The van der Waals surface area contributed by atoms with Crippen LogP contribution in [0.5, 0.6) is 11.5 Å². The first-order valence-electron chi connectivity index (χ1n) is 7.42. The SMILES string of the molecule is CCC1CCNC(CC(=O)c2ccc3c(c2)OCO3)C1. The first kappa shape index (κ1) is 13.4. The summed E-state index contributed by atoms with van der Waals surface area (Å²) >= 11 is 0. The van der Waals surface area contributed by atoms with Crippen molar-refractivity contribution in [3.8, 4) is 11.5 Å². The van der Waals surface area contributed by atoms with E-state index in [1.165, 1.54) is 12.8 Å². The first-order chi connectivity index (χ1) is 9.76. The van der Waals surface area contributed by atoms with E-state index in [9.17, 15) is 4.79 Å². The highest BCUT2D eigenvalue weighted by molar-refractivity contribution is 5.97. The maximum Gasteiger partial charge on any atom is 0.231 e. The lowest BCUT2D eigenvalue weighted by Gasteiger charge is -2.29. The molecule has 0 aromatic heterocycles. The molecule has 4 nitrogen and oxygen atoms in total. The van der Waals surface area contributed by atoms with Crippen molar-refractivity contribution in [1.82, 2.24) is 5.32 Å². The van der Waals surface area contributed by atoms with Crippen LogP contribution in [0.4, 0.5) is 0 Å². The van der Waals surface area contributed by atoms with E-state index in [4.69, 9.17) is 9.47 Å². The maximum atomic E-state index is 12.4. The second kappa shape index (κ2) is 5.83. The van der Waals surface area contributed by atoms with Crippen LogP contribution in [0.1, 0.15) is 43.0 Å². The summed E-state index contributed by atoms with van der Waals surface area (Å²) in [7, 11) is 0. The third-order valence-corrected chi connectivity index (χ3v) is 4.31. The van der Waals surface area contributed by atoms with Crippen LogP contribution < -0.4 is 14.8 Å². The zero-order valence-electron chi connectivity index (χ0n) is 11.9. The fourth-order valence-corrected chi connectivity index (χ4v) is 3.03. The fraction of sp³-hybridized carbons (Fsp3) is 0.562. The van der Waals surface area contributed by atoms with E-state index in [1.807, 2.05) is 12.1 Å². The van der Waals surface area contributed by atoms with Gasteiger partial charge in [0.1, 0.15) is 0 Å². The molecule has 0 spiro atoms. The molecule has 1 saturated heterocycles. The highest BCUT2D eigenvalue weighted by Gasteiger charge is 2.23. The average molecular weight is 275 g/mol. The normalized spacial score (nSPS) is 24.6. The summed E-state index contributed by atoms with van der Waals surface area (Å²) in [6.45, 7) is 3.50. The summed E-state index contributed by atoms with van der Waals surface area (Å²) in [6.07, 6.45) is 4.10. The van der Waals surface area contributed by atoms with E-state index in [0.717, 1.165) is 30.2 Å². The Morgan fingerprint density at radius 3 is 3.05 bits per heavy atom. The van der Waals surface area contributed by atoms with Crippen molar-refractivity contribution in [1.29, 1.82) is 0 Å². The van der Waals surface area contributed by atoms with Crippen molar-refractivity contribution in [2.75, 3.05) is 13.3 Å². The third-order valence-electron chi connectivity index (χ3n) is 4.31. The van der Waals surface area contributed by atoms with Crippen LogP contribution in [-0.2, 0) is 0 Å². The Labute approximate surface area is 119 Å². The topological polar surface area (TPSA) is 47.6 Å². The minimum atomic E-state index is 0.178. The van der Waals surface area contributed by atoms with Crippen LogP contribution in [0, 0.1) is 5.92 Å². The molecule has 2 heterocycles. The molecule has 1 fully saturated rings. The molecule has 4 heteroatoms. The van der Waals surface area contributed by atoms with E-state index >= 15 is 0 Å². The van der Waals surface area contributed by atoms with Crippen molar-refractivity contribution in [2.24, 2.45) is 5.92 Å². The van der Waals surface area contributed by atoms with Gasteiger partial charge in [0.25, 0.3) is 0 Å². The van der Waals surface area contributed by atoms with Gasteiger partial charge in [-0.1, -0.05) is 13.3 Å². The maximum absolute atomic E-state index is 12.4. The molecule has 2 atom stereocenters. The molecule has 3 rings (SSSR count). The van der Waals surface area contributed by atoms with E-state index in [0.29, 0.717) is 18.2 Å². The lowest BCUT2D eigenvalue weighted by Crippen LogP contribution is -2.39. The zero-order valence-corrected chi connectivity index (χ0v) is 11.9. The summed E-state index contributed by atoms with van der Waals surface area (Å²) < 4.78 is 10.6. The number of benzene rings is 1. The predicted octanol–water partition coefficient (Wildman–Crippen LogP) is 2.77. The van der Waals surface area contributed by atoms with Gasteiger partial charge in [-0.15, -0.1) is 0 Å². The van der Waals surface area contributed by atoms with Crippen LogP contribution in [0.2, 0.25) is 0 Å². The number of piperidine rings is 1. The van der Waals surface area contributed by atoms with E-state index in [1.54, 1.807) is 6.07 Å². The highest BCUT2D eigenvalue weighted by Crippen LogP contribution is 2.33. The zero-order chi connectivity index (χ0) is 13.9. The molecule has 1 N–H and O–H groups in total. The molecule has 1 aromatic carbocycles. The molecular formula is C16H21NO3. The van der Waals surface area contributed by atoms with Gasteiger partial charge >= 0.3 is 0 Å². The monoisotopic (exact) mass is 275 g/mol. The number of fused-ring (bicyclic) bond motifs is 1. The van der Waals surface area contributed by atoms with Crippen molar-refractivity contribution in [3.05, 3.63) is 23.8 Å². The molecule has 2 aliphatic heterocycles. The summed E-state index contributed by atoms with van der Waals surface area (Å²) in [5, 5.41) is 3.46. The largest absolute Gasteiger partial charge is 0.454 e. The Kier molecular flexibility index (Phi) is 3.92. The van der Waals surface area contributed by atoms with Gasteiger partial charge in [-0.3, -0.25) is 4.79 Å². The van der Waals surface area contributed by atoms with Gasteiger partial charge in [0.15, 0.2) is 17.3 Å². The van der Waals surface area contributed by atoms with Crippen molar-refractivity contribution >= 4 is 5.78 Å². The molecule has 2 unspecified atom stereocenters. The second-order valence-electron chi connectivity index (χ2n) is 5.65. The summed E-state index contributed by atoms with van der Waals surface area (Å²) in [5.41, 5.74) is 0.717. The van der Waals surface area contributed by atoms with Gasteiger partial charge < -0.3 is 14.8 Å². The standard InChI is InChI=1S/C16H21NO3/c1-2-11-5-6-17-13(7-11)9-14(18)12-3-4-15-16(8-12)20-10-19-15/h3-4,8,11,13,17H,2,5-7,9-10H2,1H3. The van der Waals surface area contributed by atoms with E-state index in [2.05, 4.69) is 12.2 Å². The summed E-state index contributed by atoms with van der Waals surface area (Å²) in [4.78, 5) is 12.4. The molecule has 0 saturated carbocycles. The Morgan fingerprint density at radius 1 is 1.35 bits per heavy atom. The van der Waals surface area contributed by atoms with Gasteiger partial charge in [0.05, 0.1) is 0 Å². The van der Waals surface area contributed by atoms with Gasteiger partial charge in [-0.2, -0.15) is 0 Å². The number of carbonyl (C=O) groups excluding carboxylic acids is 1. The first-order valence-corrected chi connectivity index (χ1v) is 7.42. The lowest BCUT2D eigenvalue weighted by molar-refractivity contribution is 0.0956. The van der Waals surface area contributed by atoms with Gasteiger partial charge in [0, 0.05) is 18.0 Å². The number of hydrogen-bond acceptors (Lipinski definition) is 4. The quantitative estimate of drug-likeness (QED) is 0.858. The minimum Gasteiger partial charge on any atom is -0.454 e. The smallest absolute Gasteiger partial charge is 0.231 e. The molecule has 0 bridgehead atoms. The van der Waals surface area contributed by atoms with E-state index in [-0.39, 0.29) is 12.6 Å². The molecular weight excluding hydrogens is 254 g/mol. The molecule has 1 aromatic rings. The molecule has 20 heavy (non-hydrogen) atoms. The number of hydrogen-bond donors (Lipinski definition) is 1. The molecule has 108 valence electrons. The number of ketones is 1. The van der Waals surface area contributed by atoms with Crippen LogP contribution in [0.25, 0.3) is 0 Å². The van der Waals surface area contributed by atoms with Crippen LogP contribution in [0.3, 0.4) is 0 Å². The number of carbonyl (C=O) groups is 1. The molecule has 0 amide bonds. The molecule has 0 aliphatic carbocycles. The third kappa shape index (κ3) is 2.80. The molecule has 2 aliphatic rings.